The summed E-state index contributed by atoms with van der Waals surface area (Å²) >= 11 is 5.87. The van der Waals surface area contributed by atoms with Crippen molar-refractivity contribution in [3.63, 3.8) is 0 Å². The number of aryl methyl sites for hydroxylation is 1. The summed E-state index contributed by atoms with van der Waals surface area (Å²) in [6.45, 7) is 1.86. The first-order chi connectivity index (χ1) is 8.13. The van der Waals surface area contributed by atoms with Crippen molar-refractivity contribution in [1.29, 1.82) is 0 Å². The molecule has 0 spiro atoms. The number of hydrogen-bond donors (Lipinski definition) is 2. The van der Waals surface area contributed by atoms with Crippen molar-refractivity contribution in [2.45, 2.75) is 38.6 Å². The average molecular weight is 253 g/mol. The summed E-state index contributed by atoms with van der Waals surface area (Å²) in [4.78, 5) is 8.24. The summed E-state index contributed by atoms with van der Waals surface area (Å²) in [7, 11) is 0. The SMILES string of the molecule is Cc1nc(Cl)nc(NC2CC3CCC2C3)c1N. The lowest BCUT2D eigenvalue weighted by Gasteiger charge is -2.24. The van der Waals surface area contributed by atoms with E-state index in [0.717, 1.165) is 17.5 Å². The van der Waals surface area contributed by atoms with Crippen molar-refractivity contribution in [1.82, 2.24) is 9.97 Å². The Morgan fingerprint density at radius 2 is 2.12 bits per heavy atom. The normalized spacial score (nSPS) is 30.8. The smallest absolute Gasteiger partial charge is 0.224 e. The maximum absolute atomic E-state index is 5.98. The van der Waals surface area contributed by atoms with Crippen molar-refractivity contribution < 1.29 is 0 Å². The maximum atomic E-state index is 5.98. The molecule has 2 aliphatic carbocycles. The Balaban J connectivity index is 1.81. The fraction of sp³-hybridized carbons (Fsp3) is 0.667. The third-order valence-electron chi connectivity index (χ3n) is 4.17. The lowest BCUT2D eigenvalue weighted by atomic mass is 9.95. The van der Waals surface area contributed by atoms with E-state index in [9.17, 15) is 0 Å². The summed E-state index contributed by atoms with van der Waals surface area (Å²) in [5, 5.41) is 3.73. The van der Waals surface area contributed by atoms with Crippen molar-refractivity contribution in [3.05, 3.63) is 11.0 Å². The Morgan fingerprint density at radius 3 is 2.76 bits per heavy atom. The highest BCUT2D eigenvalue weighted by Gasteiger charge is 2.39. The minimum absolute atomic E-state index is 0.266. The summed E-state index contributed by atoms with van der Waals surface area (Å²) in [6.07, 6.45) is 5.32. The predicted molar refractivity (Wildman–Crippen MR) is 69.1 cm³/mol. The van der Waals surface area contributed by atoms with Gasteiger partial charge in [-0.05, 0) is 49.6 Å². The molecular formula is C12H17ClN4. The van der Waals surface area contributed by atoms with E-state index in [4.69, 9.17) is 17.3 Å². The minimum Gasteiger partial charge on any atom is -0.394 e. The first-order valence-electron chi connectivity index (χ1n) is 6.19. The van der Waals surface area contributed by atoms with Crippen LogP contribution in [0.15, 0.2) is 0 Å². The third kappa shape index (κ3) is 1.95. The molecule has 2 saturated carbocycles. The Morgan fingerprint density at radius 1 is 1.29 bits per heavy atom. The molecule has 0 aliphatic heterocycles. The largest absolute Gasteiger partial charge is 0.394 e. The van der Waals surface area contributed by atoms with E-state index >= 15 is 0 Å². The molecular weight excluding hydrogens is 236 g/mol. The van der Waals surface area contributed by atoms with Gasteiger partial charge < -0.3 is 11.1 Å². The van der Waals surface area contributed by atoms with Crippen LogP contribution in [0, 0.1) is 18.8 Å². The first kappa shape index (κ1) is 11.1. The topological polar surface area (TPSA) is 63.8 Å². The van der Waals surface area contributed by atoms with Gasteiger partial charge in [-0.3, -0.25) is 0 Å². The summed E-state index contributed by atoms with van der Waals surface area (Å²) < 4.78 is 0. The van der Waals surface area contributed by atoms with Gasteiger partial charge in [0.25, 0.3) is 0 Å². The highest BCUT2D eigenvalue weighted by molar-refractivity contribution is 6.28. The zero-order chi connectivity index (χ0) is 12.0. The van der Waals surface area contributed by atoms with Gasteiger partial charge in [0.05, 0.1) is 11.4 Å². The van der Waals surface area contributed by atoms with Gasteiger partial charge in [-0.15, -0.1) is 0 Å². The van der Waals surface area contributed by atoms with Crippen LogP contribution in [0.1, 0.15) is 31.4 Å². The van der Waals surface area contributed by atoms with Gasteiger partial charge in [-0.25, -0.2) is 4.98 Å². The quantitative estimate of drug-likeness (QED) is 0.795. The number of nitrogens with one attached hydrogen (secondary N) is 1. The van der Waals surface area contributed by atoms with Gasteiger partial charge in [0.1, 0.15) is 0 Å². The number of fused-ring (bicyclic) bond motifs is 2. The summed E-state index contributed by atoms with van der Waals surface area (Å²) in [6, 6.07) is 0.515. The first-order valence-corrected chi connectivity index (χ1v) is 6.57. The molecule has 92 valence electrons. The van der Waals surface area contributed by atoms with Crippen LogP contribution in [0.5, 0.6) is 0 Å². The molecule has 4 nitrogen and oxygen atoms in total. The molecule has 2 fully saturated rings. The van der Waals surface area contributed by atoms with Crippen LogP contribution in [-0.2, 0) is 0 Å². The fourth-order valence-electron chi connectivity index (χ4n) is 3.25. The number of nitrogens with zero attached hydrogens (tertiary/aromatic N) is 2. The lowest BCUT2D eigenvalue weighted by Crippen LogP contribution is -2.27. The van der Waals surface area contributed by atoms with E-state index in [0.29, 0.717) is 17.5 Å². The third-order valence-corrected chi connectivity index (χ3v) is 4.34. The number of nitrogen functional groups attached to an aromatic ring is 1. The van der Waals surface area contributed by atoms with Crippen LogP contribution in [0.3, 0.4) is 0 Å². The Kier molecular flexibility index (Phi) is 2.62. The van der Waals surface area contributed by atoms with Crippen molar-refractivity contribution >= 4 is 23.1 Å². The highest BCUT2D eigenvalue weighted by atomic mass is 35.5. The number of aromatic nitrogens is 2. The van der Waals surface area contributed by atoms with Gasteiger partial charge >= 0.3 is 0 Å². The van der Waals surface area contributed by atoms with E-state index < -0.39 is 0 Å². The van der Waals surface area contributed by atoms with Gasteiger partial charge in [0, 0.05) is 6.04 Å². The zero-order valence-corrected chi connectivity index (χ0v) is 10.7. The average Bonchev–Trinajstić information content (AvgIpc) is 2.87. The Labute approximate surface area is 106 Å². The number of anilines is 2. The lowest BCUT2D eigenvalue weighted by molar-refractivity contribution is 0.439. The molecule has 0 aromatic carbocycles. The van der Waals surface area contributed by atoms with Crippen molar-refractivity contribution in [2.24, 2.45) is 11.8 Å². The van der Waals surface area contributed by atoms with E-state index in [1.165, 1.54) is 25.7 Å². The molecule has 0 amide bonds. The van der Waals surface area contributed by atoms with Crippen LogP contribution in [0.25, 0.3) is 0 Å². The monoisotopic (exact) mass is 252 g/mol. The van der Waals surface area contributed by atoms with Gasteiger partial charge in [0.2, 0.25) is 5.28 Å². The molecule has 0 saturated heterocycles. The molecule has 1 aromatic heterocycles. The molecule has 2 aliphatic rings. The summed E-state index contributed by atoms with van der Waals surface area (Å²) in [5.41, 5.74) is 7.35. The Bertz CT molecular complexity index is 448. The van der Waals surface area contributed by atoms with Crippen molar-refractivity contribution in [2.75, 3.05) is 11.1 Å². The van der Waals surface area contributed by atoms with Crippen LogP contribution >= 0.6 is 11.6 Å². The predicted octanol–water partition coefficient (Wildman–Crippen LogP) is 2.62. The minimum atomic E-state index is 0.266. The summed E-state index contributed by atoms with van der Waals surface area (Å²) in [5.74, 6) is 2.39. The molecule has 3 unspecified atom stereocenters. The van der Waals surface area contributed by atoms with Gasteiger partial charge in [0.15, 0.2) is 5.82 Å². The van der Waals surface area contributed by atoms with E-state index in [1.54, 1.807) is 0 Å². The molecule has 5 heteroatoms. The second-order valence-electron chi connectivity index (χ2n) is 5.27. The molecule has 3 atom stereocenters. The molecule has 3 rings (SSSR count). The molecule has 2 bridgehead atoms. The van der Waals surface area contributed by atoms with Gasteiger partial charge in [-0.2, -0.15) is 4.98 Å². The molecule has 3 N–H and O–H groups in total. The zero-order valence-electron chi connectivity index (χ0n) is 9.91. The fourth-order valence-corrected chi connectivity index (χ4v) is 3.47. The maximum Gasteiger partial charge on any atom is 0.224 e. The van der Waals surface area contributed by atoms with E-state index in [2.05, 4.69) is 15.3 Å². The molecule has 17 heavy (non-hydrogen) atoms. The van der Waals surface area contributed by atoms with Crippen LogP contribution in [0.2, 0.25) is 5.28 Å². The second kappa shape index (κ2) is 4.02. The van der Waals surface area contributed by atoms with Crippen molar-refractivity contribution in [3.8, 4) is 0 Å². The number of rotatable bonds is 2. The number of nitrogens with two attached hydrogens (primary N) is 1. The molecule has 1 aromatic rings. The number of hydrogen-bond acceptors (Lipinski definition) is 4. The standard InChI is InChI=1S/C12H17ClN4/c1-6-10(14)11(17-12(13)15-6)16-9-5-7-2-3-8(9)4-7/h7-9H,2-5,14H2,1H3,(H,15,16,17). The van der Waals surface area contributed by atoms with Crippen LogP contribution in [-0.4, -0.2) is 16.0 Å². The van der Waals surface area contributed by atoms with Gasteiger partial charge in [-0.1, -0.05) is 6.42 Å². The van der Waals surface area contributed by atoms with E-state index in [1.807, 2.05) is 6.92 Å². The molecule has 0 radical (unpaired) electrons. The number of halogens is 1. The highest BCUT2D eigenvalue weighted by Crippen LogP contribution is 2.45. The van der Waals surface area contributed by atoms with Crippen LogP contribution < -0.4 is 11.1 Å². The van der Waals surface area contributed by atoms with Crippen LogP contribution in [0.4, 0.5) is 11.5 Å². The Hall–Kier alpha value is -1.03. The van der Waals surface area contributed by atoms with E-state index in [-0.39, 0.29) is 5.28 Å². The molecule has 1 heterocycles. The second-order valence-corrected chi connectivity index (χ2v) is 5.60.